The standard InChI is InChI=1S/C69H108F4N12O12/c1-14-45(6)60-67(96)79(9)41-58(89)77(7)42-59(90)81(11)53(38-46-24-17-15-18-25-46)65(94)78(8)40-55(86)75-50(31-29-47-28-30-48(49(70)37-47)69(71,72)73)64(93)85-35-23-26-51(85)62(91)74-32-20-19-27-56(87)83(13)61(44(4)5)68(97)82(12)54(66(95)84-33-21-16-22-34-84)39-57(88)80(10)52(36-43(2)3)63(92)76-60/h28,30,37,43-46,50-54,60-61H,14-27,29,31-36,38-42H2,1-13H3,(H,74,91)(H,75,86)(H,76,92)/t45-,50-,51-,52-,53-,54-,60-,61-/m0/s1. The number of nitrogens with one attached hydrogen (secondary N) is 3. The number of rotatable bonds is 11. The molecule has 0 aromatic heterocycles. The molecule has 0 unspecified atom stereocenters. The number of fused-ring (bicyclic) bond motifs is 1. The number of nitrogens with zero attached hydrogens (tertiary/aromatic N) is 9. The molecule has 1 saturated carbocycles. The maximum Gasteiger partial charge on any atom is 0.419 e. The number of hydrogen-bond donors (Lipinski definition) is 3. The van der Waals surface area contributed by atoms with E-state index in [0.717, 1.165) is 59.3 Å². The fourth-order valence-electron chi connectivity index (χ4n) is 13.5. The molecule has 1 aromatic carbocycles. The number of alkyl halides is 3. The zero-order valence-electron chi connectivity index (χ0n) is 59.4. The van der Waals surface area contributed by atoms with Crippen LogP contribution in [0, 0.1) is 29.5 Å². The summed E-state index contributed by atoms with van der Waals surface area (Å²) in [6.07, 6.45) is 2.43. The fourth-order valence-corrected chi connectivity index (χ4v) is 13.5. The Hall–Kier alpha value is -7.42. The van der Waals surface area contributed by atoms with Crippen molar-refractivity contribution >= 4 is 70.9 Å². The second kappa shape index (κ2) is 37.0. The van der Waals surface area contributed by atoms with Gasteiger partial charge in [-0.2, -0.15) is 13.2 Å². The molecule has 24 nitrogen and oxygen atoms in total. The number of aryl methyl sites for hydroxylation is 1. The third-order valence-electron chi connectivity index (χ3n) is 19.8. The Morgan fingerprint density at radius 1 is 0.608 bits per heavy atom. The lowest BCUT2D eigenvalue weighted by molar-refractivity contribution is -0.154. The highest BCUT2D eigenvalue weighted by molar-refractivity contribution is 5.98. The topological polar surface area (TPSA) is 270 Å². The summed E-state index contributed by atoms with van der Waals surface area (Å²) in [5, 5.41) is 8.40. The molecule has 12 amide bonds. The van der Waals surface area contributed by atoms with Crippen LogP contribution in [0.15, 0.2) is 18.2 Å². The Morgan fingerprint density at radius 2 is 1.23 bits per heavy atom. The van der Waals surface area contributed by atoms with Crippen molar-refractivity contribution in [3.05, 3.63) is 35.1 Å². The predicted molar refractivity (Wildman–Crippen MR) is 354 cm³/mol. The zero-order chi connectivity index (χ0) is 72.3. The highest BCUT2D eigenvalue weighted by Crippen LogP contribution is 2.33. The molecule has 1 aromatic rings. The number of benzene rings is 1. The van der Waals surface area contributed by atoms with Crippen molar-refractivity contribution in [2.75, 3.05) is 95.1 Å². The van der Waals surface area contributed by atoms with Gasteiger partial charge in [0.25, 0.3) is 0 Å². The van der Waals surface area contributed by atoms with Crippen molar-refractivity contribution in [2.45, 2.75) is 212 Å². The van der Waals surface area contributed by atoms with E-state index in [1.807, 2.05) is 20.8 Å². The van der Waals surface area contributed by atoms with Crippen molar-refractivity contribution in [3.63, 3.8) is 0 Å². The third-order valence-corrected chi connectivity index (χ3v) is 19.8. The maximum atomic E-state index is 14.9. The Kier molecular flexibility index (Phi) is 30.6. The average Bonchev–Trinajstić information content (AvgIpc) is 1.05. The van der Waals surface area contributed by atoms with E-state index < -0.39 is 169 Å². The molecule has 1 aliphatic carbocycles. The molecule has 28 heteroatoms. The molecule has 544 valence electrons. The zero-order valence-corrected chi connectivity index (χ0v) is 59.4. The van der Waals surface area contributed by atoms with Crippen LogP contribution in [0.2, 0.25) is 0 Å². The van der Waals surface area contributed by atoms with Crippen LogP contribution in [0.3, 0.4) is 0 Å². The van der Waals surface area contributed by atoms with Crippen LogP contribution in [-0.2, 0) is 70.1 Å². The van der Waals surface area contributed by atoms with Crippen LogP contribution in [0.5, 0.6) is 0 Å². The predicted octanol–water partition coefficient (Wildman–Crippen LogP) is 4.84. The van der Waals surface area contributed by atoms with Crippen molar-refractivity contribution in [1.29, 1.82) is 0 Å². The second-order valence-electron chi connectivity index (χ2n) is 28.1. The largest absolute Gasteiger partial charge is 0.419 e. The quantitative estimate of drug-likeness (QED) is 0.251. The third kappa shape index (κ3) is 22.3. The Labute approximate surface area is 569 Å². The minimum absolute atomic E-state index is 0.0112. The summed E-state index contributed by atoms with van der Waals surface area (Å²) in [6.45, 7) is 10.0. The molecule has 3 saturated heterocycles. The highest BCUT2D eigenvalue weighted by Gasteiger charge is 2.44. The molecule has 0 spiro atoms. The Morgan fingerprint density at radius 3 is 1.84 bits per heavy atom. The Bertz CT molecular complexity index is 2940. The minimum Gasteiger partial charge on any atom is -0.354 e. The van der Waals surface area contributed by atoms with Crippen molar-refractivity contribution in [3.8, 4) is 0 Å². The number of likely N-dealkylation sites (N-methyl/N-ethyl adjacent to an activating group) is 7. The molecule has 5 rings (SSSR count). The number of hydrogen-bond acceptors (Lipinski definition) is 12. The number of carbonyl (C=O) groups excluding carboxylic acids is 12. The van der Waals surface area contributed by atoms with Gasteiger partial charge in [-0.3, -0.25) is 57.5 Å². The number of amides is 12. The van der Waals surface area contributed by atoms with Gasteiger partial charge in [-0.25, -0.2) is 4.39 Å². The van der Waals surface area contributed by atoms with Gasteiger partial charge in [0.2, 0.25) is 70.9 Å². The lowest BCUT2D eigenvalue weighted by atomic mass is 9.84. The average molecular weight is 1370 g/mol. The van der Waals surface area contributed by atoms with E-state index in [-0.39, 0.29) is 81.9 Å². The lowest BCUT2D eigenvalue weighted by Gasteiger charge is -2.39. The summed E-state index contributed by atoms with van der Waals surface area (Å²) in [6, 6.07) is -6.08. The first-order valence-corrected chi connectivity index (χ1v) is 34.7. The summed E-state index contributed by atoms with van der Waals surface area (Å²) in [7, 11) is 9.84. The van der Waals surface area contributed by atoms with Crippen molar-refractivity contribution < 1.29 is 75.1 Å². The van der Waals surface area contributed by atoms with Gasteiger partial charge in [0.1, 0.15) is 48.1 Å². The van der Waals surface area contributed by atoms with Gasteiger partial charge in [0.05, 0.1) is 31.6 Å². The molecule has 3 aliphatic heterocycles. The van der Waals surface area contributed by atoms with Crippen LogP contribution >= 0.6 is 0 Å². The monoisotopic (exact) mass is 1370 g/mol. The Balaban J connectivity index is 1.51. The van der Waals surface area contributed by atoms with E-state index in [2.05, 4.69) is 16.0 Å². The molecule has 8 atom stereocenters. The summed E-state index contributed by atoms with van der Waals surface area (Å²) in [4.78, 5) is 185. The van der Waals surface area contributed by atoms with E-state index in [1.165, 1.54) is 73.8 Å². The molecule has 0 bridgehead atoms. The lowest BCUT2D eigenvalue weighted by Crippen LogP contribution is -2.59. The van der Waals surface area contributed by atoms with Gasteiger partial charge in [0.15, 0.2) is 0 Å². The fraction of sp³-hybridized carbons (Fsp3) is 0.739. The molecule has 4 aliphatic rings. The number of likely N-dealkylation sites (tertiary alicyclic amines) is 1. The smallest absolute Gasteiger partial charge is 0.354 e. The van der Waals surface area contributed by atoms with Crippen LogP contribution in [-0.4, -0.2) is 252 Å². The van der Waals surface area contributed by atoms with E-state index in [0.29, 0.717) is 50.9 Å². The van der Waals surface area contributed by atoms with Gasteiger partial charge in [-0.1, -0.05) is 86.1 Å². The van der Waals surface area contributed by atoms with Crippen LogP contribution in [0.1, 0.15) is 168 Å². The molecular weight excluding hydrogens is 1260 g/mol. The molecule has 3 heterocycles. The van der Waals surface area contributed by atoms with E-state index in [4.69, 9.17) is 0 Å². The van der Waals surface area contributed by atoms with Gasteiger partial charge < -0.3 is 60.0 Å². The summed E-state index contributed by atoms with van der Waals surface area (Å²) in [5.41, 5.74) is -1.41. The molecule has 97 heavy (non-hydrogen) atoms. The number of halogens is 4. The van der Waals surface area contributed by atoms with Crippen molar-refractivity contribution in [1.82, 2.24) is 60.0 Å². The SMILES string of the molecule is CC[C@H](C)[C@@H]1NC(=O)[C@H](CC(C)C)N(C)C(=O)C[C@@H](C(=O)N2CCCCC2)N(C)C(=O)[C@H](C(C)C)N(C)C(=O)CCCCNC(=O)[C@@H]2CCCN2C(=O)[C@H](CCc2ccc(C(F)(F)F)c(F)c2)NC(=O)CN(C)C(=O)[C@H](CC2CCCCC2)N(C)C(=O)CN(C)C(=O)CN(C)C1=O. The highest BCUT2D eigenvalue weighted by atomic mass is 19.4. The van der Waals surface area contributed by atoms with Crippen LogP contribution < -0.4 is 16.0 Å². The van der Waals surface area contributed by atoms with Crippen LogP contribution in [0.4, 0.5) is 17.6 Å². The van der Waals surface area contributed by atoms with Crippen LogP contribution in [0.25, 0.3) is 0 Å². The van der Waals surface area contributed by atoms with Gasteiger partial charge in [-0.15, -0.1) is 0 Å². The molecular formula is C69H108F4N12O12. The molecule has 0 radical (unpaired) electrons. The molecule has 4 fully saturated rings. The number of piperidine rings is 1. The van der Waals surface area contributed by atoms with E-state index in [9.17, 15) is 75.1 Å². The van der Waals surface area contributed by atoms with Gasteiger partial charge >= 0.3 is 6.18 Å². The first-order chi connectivity index (χ1) is 45.6. The summed E-state index contributed by atoms with van der Waals surface area (Å²) >= 11 is 0. The first-order valence-electron chi connectivity index (χ1n) is 34.7. The van der Waals surface area contributed by atoms with Gasteiger partial charge in [-0.05, 0) is 112 Å². The number of carbonyl (C=O) groups is 12. The maximum absolute atomic E-state index is 14.9. The minimum atomic E-state index is -4.98. The summed E-state index contributed by atoms with van der Waals surface area (Å²) in [5.74, 6) is -10.1. The summed E-state index contributed by atoms with van der Waals surface area (Å²) < 4.78 is 55.6. The normalized spacial score (nSPS) is 25.5. The molecule has 3 N–H and O–H groups in total. The van der Waals surface area contributed by atoms with Crippen molar-refractivity contribution in [2.24, 2.45) is 23.7 Å². The first kappa shape index (κ1) is 80.3. The second-order valence-corrected chi connectivity index (χ2v) is 28.1. The van der Waals surface area contributed by atoms with E-state index >= 15 is 0 Å². The van der Waals surface area contributed by atoms with Gasteiger partial charge in [0, 0.05) is 81.9 Å². The van der Waals surface area contributed by atoms with E-state index in [1.54, 1.807) is 25.7 Å².